The van der Waals surface area contributed by atoms with Gasteiger partial charge in [0.25, 0.3) is 5.69 Å². The third-order valence-electron chi connectivity index (χ3n) is 2.31. The summed E-state index contributed by atoms with van der Waals surface area (Å²) in [5.74, 6) is -0.654. The lowest BCUT2D eigenvalue weighted by molar-refractivity contribution is -0.384. The van der Waals surface area contributed by atoms with Gasteiger partial charge in [-0.1, -0.05) is 23.2 Å². The van der Waals surface area contributed by atoms with Crippen LogP contribution in [0.2, 0.25) is 10.2 Å². The van der Waals surface area contributed by atoms with Crippen LogP contribution < -0.4 is 4.74 Å². The lowest BCUT2D eigenvalue weighted by atomic mass is 10.3. The molecule has 0 fully saturated rings. The summed E-state index contributed by atoms with van der Waals surface area (Å²) >= 11 is 11.5. The average molecular weight is 313 g/mol. The van der Waals surface area contributed by atoms with Crippen molar-refractivity contribution < 1.29 is 14.5 Å². The van der Waals surface area contributed by atoms with Crippen LogP contribution >= 0.6 is 23.2 Å². The first-order valence-corrected chi connectivity index (χ1v) is 6.01. The lowest BCUT2D eigenvalue weighted by Crippen LogP contribution is -2.09. The van der Waals surface area contributed by atoms with Crippen molar-refractivity contribution in [2.75, 3.05) is 0 Å². The Hall–Kier alpha value is -2.18. The van der Waals surface area contributed by atoms with Crippen LogP contribution in [0.4, 0.5) is 5.69 Å². The number of nitro benzene ring substituents is 1. The van der Waals surface area contributed by atoms with E-state index in [-0.39, 0.29) is 27.2 Å². The molecular formula is C12H6Cl2N2O4. The van der Waals surface area contributed by atoms with Crippen molar-refractivity contribution in [3.05, 3.63) is 62.4 Å². The minimum absolute atomic E-state index is 0.00510. The number of carbonyl (C=O) groups is 1. The van der Waals surface area contributed by atoms with Crippen LogP contribution in [0.15, 0.2) is 36.5 Å². The topological polar surface area (TPSA) is 82.3 Å². The zero-order valence-electron chi connectivity index (χ0n) is 9.75. The normalized spacial score (nSPS) is 10.1. The maximum atomic E-state index is 11.8. The maximum absolute atomic E-state index is 11.8. The van der Waals surface area contributed by atoms with E-state index in [0.717, 1.165) is 6.07 Å². The zero-order chi connectivity index (χ0) is 14.7. The Morgan fingerprint density at radius 2 is 2.05 bits per heavy atom. The van der Waals surface area contributed by atoms with Crippen molar-refractivity contribution in [3.8, 4) is 5.75 Å². The average Bonchev–Trinajstić information content (AvgIpc) is 2.38. The number of nitro groups is 1. The first kappa shape index (κ1) is 14.2. The van der Waals surface area contributed by atoms with Crippen LogP contribution in [0.5, 0.6) is 5.75 Å². The van der Waals surface area contributed by atoms with E-state index in [1.54, 1.807) is 0 Å². The molecule has 20 heavy (non-hydrogen) atoms. The highest BCUT2D eigenvalue weighted by molar-refractivity contribution is 6.33. The van der Waals surface area contributed by atoms with Gasteiger partial charge in [0.15, 0.2) is 0 Å². The van der Waals surface area contributed by atoms with E-state index in [1.165, 1.54) is 30.5 Å². The minimum atomic E-state index is -0.729. The van der Waals surface area contributed by atoms with E-state index in [0.29, 0.717) is 0 Å². The van der Waals surface area contributed by atoms with Crippen molar-refractivity contribution in [1.29, 1.82) is 0 Å². The second-order valence-corrected chi connectivity index (χ2v) is 4.37. The third kappa shape index (κ3) is 3.04. The molecule has 0 unspecified atom stereocenters. The molecule has 2 aromatic rings. The molecule has 0 bridgehead atoms. The molecule has 0 amide bonds. The Morgan fingerprint density at radius 3 is 2.65 bits per heavy atom. The Morgan fingerprint density at radius 1 is 1.30 bits per heavy atom. The number of ether oxygens (including phenoxy) is 1. The summed E-state index contributed by atoms with van der Waals surface area (Å²) in [6.45, 7) is 0. The fourth-order valence-electron chi connectivity index (χ4n) is 1.40. The van der Waals surface area contributed by atoms with Crippen molar-refractivity contribution >= 4 is 34.9 Å². The van der Waals surface area contributed by atoms with E-state index >= 15 is 0 Å². The molecule has 1 heterocycles. The molecule has 1 aromatic carbocycles. The number of aromatic nitrogens is 1. The molecule has 0 aliphatic rings. The Bertz CT molecular complexity index is 691. The molecule has 0 N–H and O–H groups in total. The second kappa shape index (κ2) is 5.85. The molecule has 0 saturated heterocycles. The Balaban J connectivity index is 2.23. The SMILES string of the molecule is O=C(Oc1ccc([N+](=O)[O-])c(Cl)c1)c1cccnc1Cl. The minimum Gasteiger partial charge on any atom is -0.423 e. The van der Waals surface area contributed by atoms with Crippen molar-refractivity contribution in [2.24, 2.45) is 0 Å². The predicted molar refractivity (Wildman–Crippen MR) is 72.3 cm³/mol. The fourth-order valence-corrected chi connectivity index (χ4v) is 1.84. The largest absolute Gasteiger partial charge is 0.423 e. The molecular weight excluding hydrogens is 307 g/mol. The van der Waals surface area contributed by atoms with Gasteiger partial charge in [0.2, 0.25) is 0 Å². The van der Waals surface area contributed by atoms with Gasteiger partial charge in [-0.05, 0) is 18.2 Å². The molecule has 0 spiro atoms. The van der Waals surface area contributed by atoms with E-state index in [2.05, 4.69) is 4.98 Å². The van der Waals surface area contributed by atoms with Crippen LogP contribution in [0.25, 0.3) is 0 Å². The molecule has 8 heteroatoms. The standard InChI is InChI=1S/C12H6Cl2N2O4/c13-9-6-7(3-4-10(9)16(18)19)20-12(17)8-2-1-5-15-11(8)14/h1-6H. The van der Waals surface area contributed by atoms with Gasteiger partial charge in [-0.2, -0.15) is 0 Å². The summed E-state index contributed by atoms with van der Waals surface area (Å²) in [7, 11) is 0. The summed E-state index contributed by atoms with van der Waals surface area (Å²) in [5, 5.41) is 10.5. The number of nitrogens with zero attached hydrogens (tertiary/aromatic N) is 2. The van der Waals surface area contributed by atoms with Gasteiger partial charge in [0.05, 0.1) is 10.5 Å². The summed E-state index contributed by atoms with van der Waals surface area (Å²) < 4.78 is 5.03. The van der Waals surface area contributed by atoms with Gasteiger partial charge < -0.3 is 4.74 Å². The van der Waals surface area contributed by atoms with E-state index < -0.39 is 10.9 Å². The molecule has 0 aliphatic heterocycles. The number of benzene rings is 1. The molecule has 0 saturated carbocycles. The molecule has 0 aliphatic carbocycles. The first-order chi connectivity index (χ1) is 9.49. The fraction of sp³-hybridized carbons (Fsp3) is 0. The van der Waals surface area contributed by atoms with Gasteiger partial charge in [0.1, 0.15) is 15.9 Å². The highest BCUT2D eigenvalue weighted by Crippen LogP contribution is 2.29. The lowest BCUT2D eigenvalue weighted by Gasteiger charge is -2.05. The van der Waals surface area contributed by atoms with Gasteiger partial charge >= 0.3 is 5.97 Å². The number of hydrogen-bond acceptors (Lipinski definition) is 5. The van der Waals surface area contributed by atoms with Crippen molar-refractivity contribution in [2.45, 2.75) is 0 Å². The number of rotatable bonds is 3. The van der Waals surface area contributed by atoms with Gasteiger partial charge in [0, 0.05) is 18.3 Å². The molecule has 0 atom stereocenters. The summed E-state index contributed by atoms with van der Waals surface area (Å²) in [6.07, 6.45) is 1.43. The Kier molecular flexibility index (Phi) is 4.16. The van der Waals surface area contributed by atoms with Gasteiger partial charge in [-0.3, -0.25) is 10.1 Å². The number of pyridine rings is 1. The predicted octanol–water partition coefficient (Wildman–Crippen LogP) is 3.52. The summed E-state index contributed by atoms with van der Waals surface area (Å²) in [6, 6.07) is 6.58. The van der Waals surface area contributed by atoms with Crippen LogP contribution in [0.1, 0.15) is 10.4 Å². The number of hydrogen-bond donors (Lipinski definition) is 0. The van der Waals surface area contributed by atoms with Crippen LogP contribution in [-0.4, -0.2) is 15.9 Å². The highest BCUT2D eigenvalue weighted by atomic mass is 35.5. The monoisotopic (exact) mass is 312 g/mol. The summed E-state index contributed by atoms with van der Waals surface area (Å²) in [4.78, 5) is 25.6. The molecule has 0 radical (unpaired) electrons. The molecule has 6 nitrogen and oxygen atoms in total. The quantitative estimate of drug-likeness (QED) is 0.285. The first-order valence-electron chi connectivity index (χ1n) is 5.25. The van der Waals surface area contributed by atoms with Crippen LogP contribution in [0, 0.1) is 10.1 Å². The van der Waals surface area contributed by atoms with E-state index in [4.69, 9.17) is 27.9 Å². The van der Waals surface area contributed by atoms with Crippen molar-refractivity contribution in [1.82, 2.24) is 4.98 Å². The molecule has 2 rings (SSSR count). The number of halogens is 2. The van der Waals surface area contributed by atoms with E-state index in [9.17, 15) is 14.9 Å². The van der Waals surface area contributed by atoms with Crippen LogP contribution in [-0.2, 0) is 0 Å². The summed E-state index contributed by atoms with van der Waals surface area (Å²) in [5.41, 5.74) is -0.186. The van der Waals surface area contributed by atoms with E-state index in [1.807, 2.05) is 0 Å². The van der Waals surface area contributed by atoms with Crippen LogP contribution in [0.3, 0.4) is 0 Å². The number of esters is 1. The smallest absolute Gasteiger partial charge is 0.346 e. The van der Waals surface area contributed by atoms with Gasteiger partial charge in [-0.15, -0.1) is 0 Å². The van der Waals surface area contributed by atoms with Gasteiger partial charge in [-0.25, -0.2) is 9.78 Å². The van der Waals surface area contributed by atoms with Crippen molar-refractivity contribution in [3.63, 3.8) is 0 Å². The second-order valence-electron chi connectivity index (χ2n) is 3.60. The Labute approximate surface area is 123 Å². The molecule has 102 valence electrons. The number of carbonyl (C=O) groups excluding carboxylic acids is 1. The third-order valence-corrected chi connectivity index (χ3v) is 2.91. The maximum Gasteiger partial charge on any atom is 0.346 e. The molecule has 1 aromatic heterocycles. The zero-order valence-corrected chi connectivity index (χ0v) is 11.3. The highest BCUT2D eigenvalue weighted by Gasteiger charge is 2.16.